The Morgan fingerprint density at radius 2 is 1.34 bits per heavy atom. The molecule has 29 heavy (non-hydrogen) atoms. The topological polar surface area (TPSA) is 107 Å². The van der Waals surface area contributed by atoms with Crippen LogP contribution in [0.15, 0.2) is 54.6 Å². The summed E-state index contributed by atoms with van der Waals surface area (Å²) in [6.45, 7) is 2.22. The van der Waals surface area contributed by atoms with Crippen molar-refractivity contribution in [3.8, 4) is 0 Å². The van der Waals surface area contributed by atoms with E-state index in [9.17, 15) is 18.6 Å². The summed E-state index contributed by atoms with van der Waals surface area (Å²) in [6.07, 6.45) is 0.715. The first kappa shape index (κ1) is 21.4. The molecule has 4 aromatic carbocycles. The molecule has 0 saturated heterocycles. The van der Waals surface area contributed by atoms with Crippen molar-refractivity contribution >= 4 is 42.4 Å². The van der Waals surface area contributed by atoms with E-state index in [0.29, 0.717) is 12.8 Å². The highest BCUT2D eigenvalue weighted by Gasteiger charge is 2.21. The highest BCUT2D eigenvalue weighted by Crippen LogP contribution is 2.35. The molecule has 0 bridgehead atoms. The second-order valence-corrected chi connectivity index (χ2v) is 9.01. The molecule has 0 aliphatic carbocycles. The minimum Gasteiger partial charge on any atom is -0.394 e. The fourth-order valence-electron chi connectivity index (χ4n) is 3.42. The van der Waals surface area contributed by atoms with Crippen molar-refractivity contribution in [1.29, 1.82) is 0 Å². The van der Waals surface area contributed by atoms with Crippen LogP contribution in [-0.4, -0.2) is 48.2 Å². The molecule has 0 amide bonds. The van der Waals surface area contributed by atoms with Crippen molar-refractivity contribution in [2.24, 2.45) is 0 Å². The lowest BCUT2D eigenvalue weighted by atomic mass is 9.91. The maximum absolute atomic E-state index is 9.48. The zero-order valence-electron chi connectivity index (χ0n) is 16.4. The van der Waals surface area contributed by atoms with Crippen LogP contribution in [0.2, 0.25) is 0 Å². The molecule has 0 radical (unpaired) electrons. The van der Waals surface area contributed by atoms with Crippen molar-refractivity contribution in [2.75, 3.05) is 19.5 Å². The van der Waals surface area contributed by atoms with Gasteiger partial charge in [-0.2, -0.15) is 8.42 Å². The molecule has 0 unspecified atom stereocenters. The van der Waals surface area contributed by atoms with E-state index in [-0.39, 0.29) is 13.2 Å². The largest absolute Gasteiger partial charge is 0.394 e. The number of hydrogen-bond acceptors (Lipinski definition) is 5. The van der Waals surface area contributed by atoms with Gasteiger partial charge in [-0.25, -0.2) is 0 Å². The van der Waals surface area contributed by atoms with Crippen LogP contribution in [0, 0.1) is 0 Å². The quantitative estimate of drug-likeness (QED) is 0.295. The Balaban J connectivity index is 0.000000431. The van der Waals surface area contributed by atoms with Gasteiger partial charge in [0.2, 0.25) is 0 Å². The fraction of sp³-hybridized carbons (Fsp3) is 0.273. The number of benzene rings is 4. The third kappa shape index (κ3) is 4.83. The highest BCUT2D eigenvalue weighted by atomic mass is 32.2. The zero-order valence-corrected chi connectivity index (χ0v) is 17.2. The Kier molecular flexibility index (Phi) is 6.07. The third-order valence-corrected chi connectivity index (χ3v) is 5.02. The molecule has 0 aliphatic heterocycles. The molecule has 6 nitrogen and oxygen atoms in total. The second-order valence-electron chi connectivity index (χ2n) is 7.54. The first-order valence-corrected chi connectivity index (χ1v) is 11.0. The van der Waals surface area contributed by atoms with E-state index >= 15 is 0 Å². The predicted octanol–water partition coefficient (Wildman–Crippen LogP) is 2.92. The van der Waals surface area contributed by atoms with E-state index in [2.05, 4.69) is 59.9 Å². The van der Waals surface area contributed by atoms with Crippen molar-refractivity contribution in [3.05, 3.63) is 60.2 Å². The molecular formula is C22H25NO5S. The molecule has 0 saturated carbocycles. The second kappa shape index (κ2) is 8.22. The summed E-state index contributed by atoms with van der Waals surface area (Å²) in [5.74, 6) is 0. The number of nitrogens with one attached hydrogen (secondary N) is 1. The molecular weight excluding hydrogens is 390 g/mol. The minimum atomic E-state index is -3.67. The van der Waals surface area contributed by atoms with E-state index in [1.165, 1.54) is 37.9 Å². The first-order chi connectivity index (χ1) is 13.6. The Hall–Kier alpha value is -2.29. The molecule has 154 valence electrons. The molecule has 0 aliphatic rings. The maximum Gasteiger partial charge on any atom is 0.261 e. The van der Waals surface area contributed by atoms with E-state index in [1.54, 1.807) is 0 Å². The molecule has 4 aromatic rings. The predicted molar refractivity (Wildman–Crippen MR) is 117 cm³/mol. The standard InChI is InChI=1S/C21H21NO2.CH4O3S/c1-21(12-23,13-24)22-11-17-8-7-16-6-5-14-3-2-4-15-9-10-18(17)20(16)19(14)15;1-5(2,3)4/h2-10,22-24H,11-13H2,1H3;1H3,(H,2,3,4). The number of hydrogen-bond donors (Lipinski definition) is 4. The van der Waals surface area contributed by atoms with Crippen LogP contribution >= 0.6 is 0 Å². The van der Waals surface area contributed by atoms with Gasteiger partial charge in [0.05, 0.1) is 25.0 Å². The van der Waals surface area contributed by atoms with Crippen molar-refractivity contribution in [3.63, 3.8) is 0 Å². The average Bonchev–Trinajstić information content (AvgIpc) is 2.69. The van der Waals surface area contributed by atoms with Crippen molar-refractivity contribution < 1.29 is 23.2 Å². The molecule has 7 heteroatoms. The van der Waals surface area contributed by atoms with Crippen LogP contribution in [0.25, 0.3) is 32.3 Å². The Morgan fingerprint density at radius 3 is 1.90 bits per heavy atom. The van der Waals surface area contributed by atoms with Gasteiger partial charge in [0.25, 0.3) is 10.1 Å². The molecule has 0 fully saturated rings. The Labute approximate surface area is 169 Å². The van der Waals surface area contributed by atoms with Gasteiger partial charge in [-0.05, 0) is 44.8 Å². The number of rotatable bonds is 5. The summed E-state index contributed by atoms with van der Waals surface area (Å²) in [5, 5.41) is 29.8. The van der Waals surface area contributed by atoms with Crippen LogP contribution < -0.4 is 5.32 Å². The van der Waals surface area contributed by atoms with Crippen LogP contribution in [0.3, 0.4) is 0 Å². The summed E-state index contributed by atoms with van der Waals surface area (Å²) in [7, 11) is -3.67. The van der Waals surface area contributed by atoms with Gasteiger partial charge in [0, 0.05) is 6.54 Å². The lowest BCUT2D eigenvalue weighted by Gasteiger charge is -2.27. The summed E-state index contributed by atoms with van der Waals surface area (Å²) in [5.41, 5.74) is 0.498. The summed E-state index contributed by atoms with van der Waals surface area (Å²) >= 11 is 0. The van der Waals surface area contributed by atoms with Gasteiger partial charge < -0.3 is 15.5 Å². The van der Waals surface area contributed by atoms with E-state index in [4.69, 9.17) is 4.55 Å². The van der Waals surface area contributed by atoms with Crippen LogP contribution in [0.5, 0.6) is 0 Å². The Morgan fingerprint density at radius 1 is 0.862 bits per heavy atom. The van der Waals surface area contributed by atoms with Crippen molar-refractivity contribution in [2.45, 2.75) is 19.0 Å². The fourth-order valence-corrected chi connectivity index (χ4v) is 3.42. The van der Waals surface area contributed by atoms with Gasteiger partial charge in [0.1, 0.15) is 0 Å². The van der Waals surface area contributed by atoms with Crippen LogP contribution in [0.4, 0.5) is 0 Å². The summed E-state index contributed by atoms with van der Waals surface area (Å²) in [6, 6.07) is 19.4. The molecule has 0 heterocycles. The summed E-state index contributed by atoms with van der Waals surface area (Å²) < 4.78 is 25.9. The van der Waals surface area contributed by atoms with E-state index in [1.807, 2.05) is 6.92 Å². The lowest BCUT2D eigenvalue weighted by Crippen LogP contribution is -2.48. The van der Waals surface area contributed by atoms with Crippen LogP contribution in [-0.2, 0) is 16.7 Å². The van der Waals surface area contributed by atoms with E-state index in [0.717, 1.165) is 0 Å². The molecule has 0 spiro atoms. The highest BCUT2D eigenvalue weighted by molar-refractivity contribution is 7.85. The monoisotopic (exact) mass is 415 g/mol. The maximum atomic E-state index is 9.48. The molecule has 0 atom stereocenters. The average molecular weight is 416 g/mol. The Bertz CT molecular complexity index is 1210. The minimum absolute atomic E-state index is 0.102. The van der Waals surface area contributed by atoms with Gasteiger partial charge in [0.15, 0.2) is 0 Å². The summed E-state index contributed by atoms with van der Waals surface area (Å²) in [4.78, 5) is 0. The van der Waals surface area contributed by atoms with Gasteiger partial charge in [-0.3, -0.25) is 4.55 Å². The smallest absolute Gasteiger partial charge is 0.261 e. The number of aliphatic hydroxyl groups is 2. The van der Waals surface area contributed by atoms with Gasteiger partial charge in [-0.1, -0.05) is 54.6 Å². The number of aliphatic hydroxyl groups excluding tert-OH is 2. The molecule has 0 aromatic heterocycles. The normalized spacial score (nSPS) is 12.4. The van der Waals surface area contributed by atoms with Gasteiger partial charge >= 0.3 is 0 Å². The third-order valence-electron chi connectivity index (χ3n) is 5.02. The zero-order chi connectivity index (χ0) is 21.2. The molecule has 4 N–H and O–H groups in total. The SMILES string of the molecule is CC(CO)(CO)NCc1ccc2ccc3cccc4ccc1c2c34.CS(=O)(=O)O. The van der Waals surface area contributed by atoms with Crippen molar-refractivity contribution in [1.82, 2.24) is 5.32 Å². The van der Waals surface area contributed by atoms with Gasteiger partial charge in [-0.15, -0.1) is 0 Å². The lowest BCUT2D eigenvalue weighted by molar-refractivity contribution is 0.103. The van der Waals surface area contributed by atoms with E-state index < -0.39 is 15.7 Å². The van der Waals surface area contributed by atoms with Crippen LogP contribution in [0.1, 0.15) is 12.5 Å². The first-order valence-electron chi connectivity index (χ1n) is 9.20. The molecule has 4 rings (SSSR count).